The lowest BCUT2D eigenvalue weighted by atomic mass is 10.1. The molecule has 0 aromatic rings. The van der Waals surface area contributed by atoms with Crippen LogP contribution >= 0.6 is 0 Å². The van der Waals surface area contributed by atoms with Crippen molar-refractivity contribution >= 4 is 11.9 Å². The van der Waals surface area contributed by atoms with E-state index in [9.17, 15) is 9.59 Å². The first-order chi connectivity index (χ1) is 21.2. The largest absolute Gasteiger partial charge is 0.463 e. The second-order valence-electron chi connectivity index (χ2n) is 9.36. The fraction of sp³-hybridized carbons (Fsp3) is 0.871. The average molecular weight is 623 g/mol. The van der Waals surface area contributed by atoms with Gasteiger partial charge in [0.25, 0.3) is 0 Å². The number of carbonyl (C=O) groups excluding carboxylic acids is 2. The molecule has 0 atom stereocenters. The highest BCUT2D eigenvalue weighted by Crippen LogP contribution is 2.08. The summed E-state index contributed by atoms with van der Waals surface area (Å²) in [4.78, 5) is 22.5. The van der Waals surface area contributed by atoms with Crippen molar-refractivity contribution in [3.05, 3.63) is 12.7 Å². The molecule has 0 rings (SSSR count). The topological polar surface area (TPSA) is 126 Å². The van der Waals surface area contributed by atoms with Crippen molar-refractivity contribution in [2.24, 2.45) is 0 Å². The number of carbonyl (C=O) groups is 2. The number of ether oxygens (including phenoxy) is 10. The third-order valence-corrected chi connectivity index (χ3v) is 5.72. The van der Waals surface area contributed by atoms with Crippen LogP contribution in [-0.2, 0) is 57.0 Å². The first kappa shape index (κ1) is 41.4. The molecule has 12 heteroatoms. The van der Waals surface area contributed by atoms with Crippen LogP contribution in [0, 0.1) is 0 Å². The zero-order chi connectivity index (χ0) is 31.3. The Bertz CT molecular complexity index is 605. The molecule has 12 nitrogen and oxygen atoms in total. The Morgan fingerprint density at radius 1 is 0.442 bits per heavy atom. The van der Waals surface area contributed by atoms with Crippen LogP contribution < -0.4 is 0 Å². The van der Waals surface area contributed by atoms with E-state index in [0.717, 1.165) is 18.9 Å². The summed E-state index contributed by atoms with van der Waals surface area (Å²) >= 11 is 0. The number of unbranched alkanes of at least 4 members (excludes halogenated alkanes) is 6. The van der Waals surface area contributed by atoms with E-state index in [1.54, 1.807) is 0 Å². The molecule has 0 heterocycles. The van der Waals surface area contributed by atoms with Gasteiger partial charge in [-0.3, -0.25) is 4.79 Å². The molecule has 254 valence electrons. The molecule has 0 saturated heterocycles. The molecule has 0 aliphatic carbocycles. The van der Waals surface area contributed by atoms with Gasteiger partial charge in [0.05, 0.1) is 106 Å². The monoisotopic (exact) mass is 622 g/mol. The maximum atomic E-state index is 11.7. The maximum absolute atomic E-state index is 11.7. The van der Waals surface area contributed by atoms with Gasteiger partial charge in [0.1, 0.15) is 13.2 Å². The smallest absolute Gasteiger partial charge is 0.330 e. The standard InChI is InChI=1S/C31H58O12/c1-3-5-6-7-8-9-10-11-31(33)43-29-27-41-25-23-39-21-19-37-17-15-35-13-12-34-14-16-36-18-20-38-22-24-40-26-28-42-30(32)4-2/h4H,2-3,5-29H2,1H3. The molecule has 0 saturated carbocycles. The summed E-state index contributed by atoms with van der Waals surface area (Å²) in [6.07, 6.45) is 9.89. The fourth-order valence-electron chi connectivity index (χ4n) is 3.41. The third-order valence-electron chi connectivity index (χ3n) is 5.72. The molecule has 0 bridgehead atoms. The highest BCUT2D eigenvalue weighted by molar-refractivity contribution is 5.81. The van der Waals surface area contributed by atoms with E-state index in [2.05, 4.69) is 13.5 Å². The van der Waals surface area contributed by atoms with Gasteiger partial charge in [-0.1, -0.05) is 52.0 Å². The lowest BCUT2D eigenvalue weighted by molar-refractivity contribution is -0.145. The summed E-state index contributed by atoms with van der Waals surface area (Å²) in [5.74, 6) is -0.604. The van der Waals surface area contributed by atoms with E-state index in [4.69, 9.17) is 47.4 Å². The lowest BCUT2D eigenvalue weighted by Gasteiger charge is -2.09. The van der Waals surface area contributed by atoms with Gasteiger partial charge in [-0.25, -0.2) is 4.79 Å². The van der Waals surface area contributed by atoms with Crippen LogP contribution in [0.5, 0.6) is 0 Å². The molecule has 0 aromatic heterocycles. The molecule has 0 fully saturated rings. The van der Waals surface area contributed by atoms with Crippen molar-refractivity contribution in [1.82, 2.24) is 0 Å². The predicted octanol–water partition coefficient (Wildman–Crippen LogP) is 3.53. The Morgan fingerprint density at radius 2 is 0.744 bits per heavy atom. The van der Waals surface area contributed by atoms with Gasteiger partial charge in [-0.15, -0.1) is 0 Å². The van der Waals surface area contributed by atoms with Crippen LogP contribution in [0.4, 0.5) is 0 Å². The van der Waals surface area contributed by atoms with E-state index in [1.807, 2.05) is 0 Å². The minimum Gasteiger partial charge on any atom is -0.463 e. The lowest BCUT2D eigenvalue weighted by Crippen LogP contribution is -2.15. The van der Waals surface area contributed by atoms with E-state index in [0.29, 0.717) is 112 Å². The molecular weight excluding hydrogens is 564 g/mol. The van der Waals surface area contributed by atoms with Crippen molar-refractivity contribution in [2.75, 3.05) is 119 Å². The Hall–Kier alpha value is -1.64. The average Bonchev–Trinajstić information content (AvgIpc) is 3.01. The summed E-state index contributed by atoms with van der Waals surface area (Å²) < 4.78 is 53.2. The van der Waals surface area contributed by atoms with Gasteiger partial charge >= 0.3 is 11.9 Å². The van der Waals surface area contributed by atoms with Gasteiger partial charge in [-0.2, -0.15) is 0 Å². The second-order valence-corrected chi connectivity index (χ2v) is 9.36. The van der Waals surface area contributed by atoms with Crippen LogP contribution in [0.15, 0.2) is 12.7 Å². The molecule has 43 heavy (non-hydrogen) atoms. The zero-order valence-corrected chi connectivity index (χ0v) is 26.6. The van der Waals surface area contributed by atoms with Crippen LogP contribution in [0.3, 0.4) is 0 Å². The summed E-state index contributed by atoms with van der Waals surface area (Å²) in [7, 11) is 0. The van der Waals surface area contributed by atoms with Gasteiger partial charge in [0.15, 0.2) is 0 Å². The van der Waals surface area contributed by atoms with Crippen LogP contribution in [0.2, 0.25) is 0 Å². The molecule has 0 radical (unpaired) electrons. The van der Waals surface area contributed by atoms with Crippen molar-refractivity contribution in [3.8, 4) is 0 Å². The summed E-state index contributed by atoms with van der Waals surface area (Å²) in [5.41, 5.74) is 0. The highest BCUT2D eigenvalue weighted by Gasteiger charge is 2.03. The van der Waals surface area contributed by atoms with Gasteiger partial charge in [0.2, 0.25) is 0 Å². The Morgan fingerprint density at radius 3 is 1.09 bits per heavy atom. The molecule has 0 aliphatic heterocycles. The highest BCUT2D eigenvalue weighted by atomic mass is 16.6. The quantitative estimate of drug-likeness (QED) is 0.0576. The van der Waals surface area contributed by atoms with Crippen molar-refractivity contribution in [3.63, 3.8) is 0 Å². The van der Waals surface area contributed by atoms with E-state index >= 15 is 0 Å². The van der Waals surface area contributed by atoms with E-state index < -0.39 is 5.97 Å². The number of hydrogen-bond acceptors (Lipinski definition) is 12. The molecule has 0 unspecified atom stereocenters. The van der Waals surface area contributed by atoms with Crippen LogP contribution in [0.25, 0.3) is 0 Å². The molecular formula is C31H58O12. The first-order valence-electron chi connectivity index (χ1n) is 15.8. The summed E-state index contributed by atoms with van der Waals surface area (Å²) in [6.45, 7) is 13.3. The maximum Gasteiger partial charge on any atom is 0.330 e. The minimum atomic E-state index is -0.460. The minimum absolute atomic E-state index is 0.144. The zero-order valence-electron chi connectivity index (χ0n) is 26.6. The van der Waals surface area contributed by atoms with Crippen molar-refractivity contribution in [1.29, 1.82) is 0 Å². The molecule has 0 N–H and O–H groups in total. The Labute approximate surface area is 258 Å². The SMILES string of the molecule is C=CC(=O)OCCOCCOCCOCCOCCOCCOCCOCCOCCOC(=O)CCCCCCCCC. The second kappa shape index (κ2) is 36.6. The molecule has 0 aliphatic rings. The van der Waals surface area contributed by atoms with Crippen molar-refractivity contribution < 1.29 is 57.0 Å². The summed E-state index contributed by atoms with van der Waals surface area (Å²) in [5, 5.41) is 0. The van der Waals surface area contributed by atoms with Crippen LogP contribution in [0.1, 0.15) is 58.3 Å². The molecule has 0 aromatic carbocycles. The Kier molecular flexibility index (Phi) is 35.2. The molecule has 0 spiro atoms. The molecule has 0 amide bonds. The predicted molar refractivity (Wildman–Crippen MR) is 161 cm³/mol. The number of hydrogen-bond donors (Lipinski definition) is 0. The van der Waals surface area contributed by atoms with Crippen LogP contribution in [-0.4, -0.2) is 131 Å². The summed E-state index contributed by atoms with van der Waals surface area (Å²) in [6, 6.07) is 0. The Balaban J connectivity index is 3.12. The van der Waals surface area contributed by atoms with Gasteiger partial charge in [-0.05, 0) is 6.42 Å². The fourth-order valence-corrected chi connectivity index (χ4v) is 3.41. The number of rotatable bonds is 36. The first-order valence-corrected chi connectivity index (χ1v) is 15.8. The van der Waals surface area contributed by atoms with E-state index in [1.165, 1.54) is 32.1 Å². The third kappa shape index (κ3) is 36.5. The van der Waals surface area contributed by atoms with Gasteiger partial charge < -0.3 is 47.4 Å². The van der Waals surface area contributed by atoms with E-state index in [-0.39, 0.29) is 19.2 Å². The van der Waals surface area contributed by atoms with Gasteiger partial charge in [0, 0.05) is 12.5 Å². The normalized spacial score (nSPS) is 11.1. The van der Waals surface area contributed by atoms with Crippen molar-refractivity contribution in [2.45, 2.75) is 58.3 Å². The number of esters is 2.